The minimum atomic E-state index is -4.13. The molecule has 2 aliphatic rings. The summed E-state index contributed by atoms with van der Waals surface area (Å²) in [7, 11) is -4.13. The molecule has 13 nitrogen and oxygen atoms in total. The molecule has 2 aromatic heterocycles. The van der Waals surface area contributed by atoms with Crippen LogP contribution in [0.25, 0.3) is 5.52 Å². The van der Waals surface area contributed by atoms with E-state index in [4.69, 9.17) is 33.7 Å². The van der Waals surface area contributed by atoms with Gasteiger partial charge < -0.3 is 29.2 Å². The standard InChI is InChI=1S/C29H40N5O8P/c1-6-19(7-2)15-37-28(35)18(3)33-43(36,42-20-11-9-8-10-12-20)38-16-23-25-26(41-29(4,5)40-25)24(39-23)21-13-14-22-27(30)31-17-32-34(21)22/h8-14,17-19,23-26H,6-7,15-16H2,1-5H3,(H,33,36)(H2,30,31,32)/t18-,23?,24-,25+,26-,43-/m0/s1. The molecule has 0 saturated carbocycles. The zero-order valence-electron chi connectivity index (χ0n) is 25.0. The maximum atomic E-state index is 14.1. The number of carbonyl (C=O) groups is 1. The molecule has 6 atom stereocenters. The smallest absolute Gasteiger partial charge is 0.459 e. The van der Waals surface area contributed by atoms with E-state index in [0.29, 0.717) is 22.8 Å². The van der Waals surface area contributed by atoms with Crippen molar-refractivity contribution in [1.82, 2.24) is 19.7 Å². The molecule has 2 aliphatic heterocycles. The van der Waals surface area contributed by atoms with Gasteiger partial charge in [-0.3, -0.25) is 9.32 Å². The molecule has 1 unspecified atom stereocenters. The number of nitrogens with zero attached hydrogens (tertiary/aromatic N) is 3. The first-order valence-corrected chi connectivity index (χ1v) is 16.1. The fraction of sp³-hybridized carbons (Fsp3) is 0.552. The number of ether oxygens (including phenoxy) is 4. The van der Waals surface area contributed by atoms with Crippen molar-refractivity contribution in [3.05, 3.63) is 54.5 Å². The quantitative estimate of drug-likeness (QED) is 0.206. The predicted octanol–water partition coefficient (Wildman–Crippen LogP) is 4.43. The fourth-order valence-electron chi connectivity index (χ4n) is 5.26. The van der Waals surface area contributed by atoms with E-state index in [0.717, 1.165) is 12.8 Å². The summed E-state index contributed by atoms with van der Waals surface area (Å²) in [4.78, 5) is 16.8. The lowest BCUT2D eigenvalue weighted by atomic mass is 10.1. The molecule has 234 valence electrons. The Morgan fingerprint density at radius 3 is 2.58 bits per heavy atom. The molecule has 3 aromatic rings. The number of hydrogen-bond acceptors (Lipinski definition) is 11. The Balaban J connectivity index is 1.34. The molecular formula is C29H40N5O8P. The second kappa shape index (κ2) is 12.9. The number of para-hydroxylation sites is 1. The molecule has 43 heavy (non-hydrogen) atoms. The van der Waals surface area contributed by atoms with E-state index in [9.17, 15) is 9.36 Å². The molecule has 3 N–H and O–H groups in total. The van der Waals surface area contributed by atoms with E-state index in [1.165, 1.54) is 6.33 Å². The Labute approximate surface area is 250 Å². The average molecular weight is 618 g/mol. The number of nitrogens with two attached hydrogens (primary N) is 1. The SMILES string of the molecule is CCC(CC)COC(=O)[C@H](C)N[P@](=O)(OCC1O[C@@H](c2ccc3c(N)ncnn23)[C@@H]2OC(C)(C)O[C@H]12)Oc1ccccc1. The highest BCUT2D eigenvalue weighted by Gasteiger charge is 2.56. The summed E-state index contributed by atoms with van der Waals surface area (Å²) in [6, 6.07) is 11.3. The van der Waals surface area contributed by atoms with E-state index in [1.54, 1.807) is 41.8 Å². The van der Waals surface area contributed by atoms with E-state index in [2.05, 4.69) is 15.2 Å². The summed E-state index contributed by atoms with van der Waals surface area (Å²) in [6.07, 6.45) is 0.769. The Morgan fingerprint density at radius 1 is 1.14 bits per heavy atom. The lowest BCUT2D eigenvalue weighted by Gasteiger charge is -2.26. The molecule has 14 heteroatoms. The van der Waals surface area contributed by atoms with E-state index in [1.807, 2.05) is 39.8 Å². The van der Waals surface area contributed by atoms with E-state index in [-0.39, 0.29) is 19.1 Å². The van der Waals surface area contributed by atoms with Gasteiger partial charge in [0.1, 0.15) is 48.1 Å². The highest BCUT2D eigenvalue weighted by atomic mass is 31.2. The Bertz CT molecular complexity index is 1450. The summed E-state index contributed by atoms with van der Waals surface area (Å²) >= 11 is 0. The lowest BCUT2D eigenvalue weighted by Crippen LogP contribution is -2.37. The molecule has 0 spiro atoms. The zero-order chi connectivity index (χ0) is 30.8. The van der Waals surface area contributed by atoms with Crippen LogP contribution in [0, 0.1) is 5.92 Å². The number of carbonyl (C=O) groups excluding carboxylic acids is 1. The monoisotopic (exact) mass is 617 g/mol. The Morgan fingerprint density at radius 2 is 1.86 bits per heavy atom. The number of hydrogen-bond donors (Lipinski definition) is 2. The lowest BCUT2D eigenvalue weighted by molar-refractivity contribution is -0.191. The highest BCUT2D eigenvalue weighted by Crippen LogP contribution is 2.49. The first kappa shape index (κ1) is 31.4. The summed E-state index contributed by atoms with van der Waals surface area (Å²) in [5, 5.41) is 7.08. The van der Waals surface area contributed by atoms with Gasteiger partial charge in [-0.15, -0.1) is 0 Å². The van der Waals surface area contributed by atoms with Gasteiger partial charge in [0.2, 0.25) is 0 Å². The minimum absolute atomic E-state index is 0.190. The minimum Gasteiger partial charge on any atom is -0.464 e. The number of nitrogens with one attached hydrogen (secondary N) is 1. The van der Waals surface area contributed by atoms with Gasteiger partial charge >= 0.3 is 13.7 Å². The third-order valence-electron chi connectivity index (χ3n) is 7.65. The molecule has 4 heterocycles. The van der Waals surface area contributed by atoms with Gasteiger partial charge in [-0.05, 0) is 51.0 Å². The molecule has 0 bridgehead atoms. The first-order valence-electron chi connectivity index (χ1n) is 14.5. The molecule has 1 aromatic carbocycles. The summed E-state index contributed by atoms with van der Waals surface area (Å²) < 4.78 is 51.9. The van der Waals surface area contributed by atoms with Gasteiger partial charge in [0.05, 0.1) is 18.9 Å². The number of esters is 1. The zero-order valence-corrected chi connectivity index (χ0v) is 25.9. The number of benzene rings is 1. The van der Waals surface area contributed by atoms with Crippen LogP contribution >= 0.6 is 7.75 Å². The van der Waals surface area contributed by atoms with Crippen LogP contribution in [0.3, 0.4) is 0 Å². The van der Waals surface area contributed by atoms with Crippen molar-refractivity contribution in [2.75, 3.05) is 18.9 Å². The number of fused-ring (bicyclic) bond motifs is 2. The Kier molecular flexibility index (Phi) is 9.40. The molecule has 0 amide bonds. The molecule has 5 rings (SSSR count). The van der Waals surface area contributed by atoms with Crippen LogP contribution in [0.15, 0.2) is 48.8 Å². The molecule has 2 fully saturated rings. The van der Waals surface area contributed by atoms with Gasteiger partial charge in [-0.2, -0.15) is 10.2 Å². The summed E-state index contributed by atoms with van der Waals surface area (Å²) in [5.41, 5.74) is 7.36. The molecule has 0 aliphatic carbocycles. The van der Waals surface area contributed by atoms with Gasteiger partial charge in [0.15, 0.2) is 11.6 Å². The van der Waals surface area contributed by atoms with Gasteiger partial charge in [0.25, 0.3) is 0 Å². The van der Waals surface area contributed by atoms with Crippen molar-refractivity contribution >= 4 is 25.1 Å². The predicted molar refractivity (Wildman–Crippen MR) is 157 cm³/mol. The average Bonchev–Trinajstić information content (AvgIpc) is 3.64. The van der Waals surface area contributed by atoms with Crippen LogP contribution in [0.4, 0.5) is 5.82 Å². The largest absolute Gasteiger partial charge is 0.464 e. The second-order valence-electron chi connectivity index (χ2n) is 11.2. The molecule has 2 saturated heterocycles. The van der Waals surface area contributed by atoms with Gasteiger partial charge in [0, 0.05) is 0 Å². The normalized spacial score (nSPS) is 25.0. The van der Waals surface area contributed by atoms with Crippen LogP contribution in [-0.4, -0.2) is 63.9 Å². The van der Waals surface area contributed by atoms with Gasteiger partial charge in [-0.1, -0.05) is 44.9 Å². The topological polar surface area (TPSA) is 158 Å². The van der Waals surface area contributed by atoms with Crippen molar-refractivity contribution in [2.45, 2.75) is 83.7 Å². The van der Waals surface area contributed by atoms with Crippen LogP contribution in [-0.2, 0) is 32.8 Å². The number of aromatic nitrogens is 3. The second-order valence-corrected chi connectivity index (χ2v) is 12.9. The van der Waals surface area contributed by atoms with Crippen molar-refractivity contribution < 1.29 is 37.4 Å². The fourth-order valence-corrected chi connectivity index (χ4v) is 6.77. The third kappa shape index (κ3) is 7.03. The Hall–Kier alpha value is -3.06. The number of nitrogen functional groups attached to an aromatic ring is 1. The maximum absolute atomic E-state index is 14.1. The van der Waals surface area contributed by atoms with Gasteiger partial charge in [-0.25, -0.2) is 14.1 Å². The highest BCUT2D eigenvalue weighted by molar-refractivity contribution is 7.52. The molecular weight excluding hydrogens is 577 g/mol. The van der Waals surface area contributed by atoms with Crippen molar-refractivity contribution in [1.29, 1.82) is 0 Å². The van der Waals surface area contributed by atoms with Crippen LogP contribution in [0.5, 0.6) is 5.75 Å². The molecule has 0 radical (unpaired) electrons. The van der Waals surface area contributed by atoms with E-state index < -0.39 is 50.0 Å². The summed E-state index contributed by atoms with van der Waals surface area (Å²) in [5.74, 6) is -0.569. The van der Waals surface area contributed by atoms with E-state index >= 15 is 0 Å². The number of anilines is 1. The van der Waals surface area contributed by atoms with Crippen LogP contribution in [0.1, 0.15) is 59.3 Å². The van der Waals surface area contributed by atoms with Crippen molar-refractivity contribution in [2.24, 2.45) is 5.92 Å². The van der Waals surface area contributed by atoms with Crippen molar-refractivity contribution in [3.8, 4) is 5.75 Å². The first-order chi connectivity index (χ1) is 20.5. The van der Waals surface area contributed by atoms with Crippen molar-refractivity contribution in [3.63, 3.8) is 0 Å². The number of rotatable bonds is 13. The third-order valence-corrected chi connectivity index (χ3v) is 9.29. The summed E-state index contributed by atoms with van der Waals surface area (Å²) in [6.45, 7) is 9.36. The van der Waals surface area contributed by atoms with Crippen LogP contribution in [0.2, 0.25) is 0 Å². The van der Waals surface area contributed by atoms with Crippen LogP contribution < -0.4 is 15.3 Å². The maximum Gasteiger partial charge on any atom is 0.459 e.